The molecule has 0 radical (unpaired) electrons. The first kappa shape index (κ1) is 28.1. The molecule has 3 heterocycles. The lowest BCUT2D eigenvalue weighted by Crippen LogP contribution is -2.53. The average molecular weight is 581 g/mol. The molecule has 1 aromatic heterocycles. The number of aryl methyl sites for hydroxylation is 1. The zero-order valence-corrected chi connectivity index (χ0v) is 22.9. The van der Waals surface area contributed by atoms with Crippen molar-refractivity contribution in [2.75, 3.05) is 37.6 Å². The number of carbonyl (C=O) groups excluding carboxylic acids is 3. The summed E-state index contributed by atoms with van der Waals surface area (Å²) in [6.45, 7) is 0.489. The van der Waals surface area contributed by atoms with Crippen LogP contribution in [0.4, 0.5) is 14.5 Å². The molecule has 3 amide bonds. The average Bonchev–Trinajstić information content (AvgIpc) is 3.30. The van der Waals surface area contributed by atoms with E-state index in [1.165, 1.54) is 22.3 Å². The standard InChI is InChI=1S/C29H26F2N4O5S/c1-18-26(41-27(32-18)19-7-3-2-4-8-19)28(40)35-12-11-29(30,31)21(20-9-5-6-10-22(20)35)15-23(36)33-13-14-34(17-25(38)39)24(37)16-33/h2-10,15H,11-14,16-17H2,1H3,(H,38,39)/b21-15-. The third kappa shape index (κ3) is 5.73. The lowest BCUT2D eigenvalue weighted by atomic mass is 9.96. The number of carboxylic acids is 1. The summed E-state index contributed by atoms with van der Waals surface area (Å²) in [4.78, 5) is 58.6. The normalized spacial score (nSPS) is 17.8. The van der Waals surface area contributed by atoms with Gasteiger partial charge in [0.25, 0.3) is 11.8 Å². The molecule has 1 N–H and O–H groups in total. The maximum Gasteiger partial charge on any atom is 0.323 e. The van der Waals surface area contributed by atoms with Crippen LogP contribution in [0.25, 0.3) is 16.1 Å². The molecule has 0 unspecified atom stereocenters. The number of alkyl halides is 2. The molecule has 9 nitrogen and oxygen atoms in total. The van der Waals surface area contributed by atoms with Crippen molar-refractivity contribution in [3.8, 4) is 10.6 Å². The van der Waals surface area contributed by atoms with Crippen LogP contribution in [-0.4, -0.2) is 82.2 Å². The number of aliphatic carboxylic acids is 1. The van der Waals surface area contributed by atoms with Crippen LogP contribution in [0.1, 0.15) is 27.3 Å². The van der Waals surface area contributed by atoms with Gasteiger partial charge in [0.15, 0.2) is 0 Å². The minimum Gasteiger partial charge on any atom is -0.480 e. The van der Waals surface area contributed by atoms with Crippen LogP contribution in [0, 0.1) is 6.92 Å². The van der Waals surface area contributed by atoms with E-state index in [9.17, 15) is 19.2 Å². The van der Waals surface area contributed by atoms with Gasteiger partial charge in [0.1, 0.15) is 23.0 Å². The van der Waals surface area contributed by atoms with Crippen LogP contribution in [0.15, 0.2) is 60.7 Å². The van der Waals surface area contributed by atoms with Crippen molar-refractivity contribution in [2.45, 2.75) is 19.3 Å². The zero-order chi connectivity index (χ0) is 29.3. The van der Waals surface area contributed by atoms with E-state index in [-0.39, 0.29) is 30.9 Å². The second-order valence-electron chi connectivity index (χ2n) is 9.75. The minimum absolute atomic E-state index is 0.00780. The SMILES string of the molecule is Cc1nc(-c2ccccc2)sc1C(=O)N1CCC(F)(F)/C(=C\C(=O)N2CCN(CC(=O)O)C(=O)C2)c2ccccc21. The largest absolute Gasteiger partial charge is 0.480 e. The van der Waals surface area contributed by atoms with Crippen molar-refractivity contribution in [3.63, 3.8) is 0 Å². The predicted molar refractivity (Wildman–Crippen MR) is 149 cm³/mol. The Balaban J connectivity index is 1.46. The number of hydrogen-bond acceptors (Lipinski definition) is 6. The fourth-order valence-electron chi connectivity index (χ4n) is 4.90. The van der Waals surface area contributed by atoms with Gasteiger partial charge in [-0.2, -0.15) is 0 Å². The van der Waals surface area contributed by atoms with Crippen molar-refractivity contribution in [1.29, 1.82) is 0 Å². The smallest absolute Gasteiger partial charge is 0.323 e. The lowest BCUT2D eigenvalue weighted by Gasteiger charge is -2.33. The third-order valence-electron chi connectivity index (χ3n) is 7.01. The Morgan fingerprint density at radius 2 is 1.76 bits per heavy atom. The summed E-state index contributed by atoms with van der Waals surface area (Å²) in [5.41, 5.74) is 1.07. The first-order valence-corrected chi connectivity index (χ1v) is 13.7. The summed E-state index contributed by atoms with van der Waals surface area (Å²) < 4.78 is 31.3. The van der Waals surface area contributed by atoms with Crippen molar-refractivity contribution < 1.29 is 33.1 Å². The molecule has 12 heteroatoms. The fraction of sp³-hybridized carbons (Fsp3) is 0.276. The van der Waals surface area contributed by atoms with Crippen LogP contribution in [0.5, 0.6) is 0 Å². The number of hydrogen-bond donors (Lipinski definition) is 1. The number of rotatable bonds is 5. The van der Waals surface area contributed by atoms with E-state index in [0.717, 1.165) is 21.4 Å². The maximum atomic E-state index is 15.6. The highest BCUT2D eigenvalue weighted by Gasteiger charge is 2.42. The Morgan fingerprint density at radius 3 is 2.46 bits per heavy atom. The number of nitrogens with zero attached hydrogens (tertiary/aromatic N) is 4. The molecular weight excluding hydrogens is 554 g/mol. The lowest BCUT2D eigenvalue weighted by molar-refractivity contribution is -0.149. The number of fused-ring (bicyclic) bond motifs is 1. The van der Waals surface area contributed by atoms with Crippen molar-refractivity contribution in [3.05, 3.63) is 76.8 Å². The van der Waals surface area contributed by atoms with Crippen LogP contribution < -0.4 is 4.90 Å². The third-order valence-corrected chi connectivity index (χ3v) is 8.20. The van der Waals surface area contributed by atoms with Crippen LogP contribution in [0.2, 0.25) is 0 Å². The van der Waals surface area contributed by atoms with E-state index in [1.54, 1.807) is 25.1 Å². The number of amides is 3. The molecule has 41 heavy (non-hydrogen) atoms. The Hall–Kier alpha value is -4.45. The van der Waals surface area contributed by atoms with Crippen LogP contribution in [-0.2, 0) is 14.4 Å². The van der Waals surface area contributed by atoms with Gasteiger partial charge in [-0.15, -0.1) is 11.3 Å². The Kier molecular flexibility index (Phi) is 7.68. The minimum atomic E-state index is -3.45. The molecule has 212 valence electrons. The van der Waals surface area contributed by atoms with Crippen LogP contribution in [0.3, 0.4) is 0 Å². The van der Waals surface area contributed by atoms with E-state index in [2.05, 4.69) is 4.98 Å². The van der Waals surface area contributed by atoms with Gasteiger partial charge >= 0.3 is 5.97 Å². The van der Waals surface area contributed by atoms with Gasteiger partial charge in [0.05, 0.1) is 11.4 Å². The number of piperazine rings is 1. The molecule has 3 aromatic rings. The molecule has 0 saturated carbocycles. The van der Waals surface area contributed by atoms with E-state index in [0.29, 0.717) is 15.6 Å². The number of benzene rings is 2. The molecule has 0 bridgehead atoms. The predicted octanol–water partition coefficient (Wildman–Crippen LogP) is 3.94. The van der Waals surface area contributed by atoms with Gasteiger partial charge in [-0.3, -0.25) is 19.2 Å². The Bertz CT molecular complexity index is 1560. The number of aromatic nitrogens is 1. The molecule has 2 aliphatic rings. The molecular formula is C29H26F2N4O5S. The topological polar surface area (TPSA) is 111 Å². The quantitative estimate of drug-likeness (QED) is 0.458. The number of carboxylic acid groups (broad SMARTS) is 1. The van der Waals surface area contributed by atoms with Crippen LogP contribution >= 0.6 is 11.3 Å². The van der Waals surface area contributed by atoms with Gasteiger partial charge < -0.3 is 19.8 Å². The molecule has 1 fully saturated rings. The summed E-state index contributed by atoms with van der Waals surface area (Å²) in [5.74, 6) is -6.46. The highest BCUT2D eigenvalue weighted by Crippen LogP contribution is 2.44. The summed E-state index contributed by atoms with van der Waals surface area (Å²) in [7, 11) is 0. The van der Waals surface area contributed by atoms with Gasteiger partial charge in [-0.05, 0) is 13.0 Å². The highest BCUT2D eigenvalue weighted by molar-refractivity contribution is 7.17. The summed E-state index contributed by atoms with van der Waals surface area (Å²) in [5, 5.41) is 9.60. The first-order chi connectivity index (χ1) is 19.5. The fourth-order valence-corrected chi connectivity index (χ4v) is 5.92. The highest BCUT2D eigenvalue weighted by atomic mass is 32.1. The molecule has 1 saturated heterocycles. The molecule has 5 rings (SSSR count). The summed E-state index contributed by atoms with van der Waals surface area (Å²) in [6, 6.07) is 15.6. The first-order valence-electron chi connectivity index (χ1n) is 12.9. The number of thiazole rings is 1. The second-order valence-corrected chi connectivity index (χ2v) is 10.8. The zero-order valence-electron chi connectivity index (χ0n) is 22.0. The summed E-state index contributed by atoms with van der Waals surface area (Å²) in [6.07, 6.45) is 0.111. The van der Waals surface area contributed by atoms with Gasteiger partial charge in [0, 0.05) is 48.8 Å². The number of para-hydroxylation sites is 1. The molecule has 2 aromatic carbocycles. The van der Waals surface area contributed by atoms with E-state index in [1.807, 2.05) is 30.3 Å². The summed E-state index contributed by atoms with van der Waals surface area (Å²) >= 11 is 1.19. The number of carbonyl (C=O) groups is 4. The van der Waals surface area contributed by atoms with Crippen molar-refractivity contribution in [1.82, 2.24) is 14.8 Å². The van der Waals surface area contributed by atoms with E-state index in [4.69, 9.17) is 5.11 Å². The molecule has 0 atom stereocenters. The van der Waals surface area contributed by atoms with E-state index < -0.39 is 54.7 Å². The molecule has 2 aliphatic heterocycles. The number of halogens is 2. The van der Waals surface area contributed by atoms with Crippen molar-refractivity contribution in [2.24, 2.45) is 0 Å². The molecule has 0 spiro atoms. The maximum absolute atomic E-state index is 15.6. The second kappa shape index (κ2) is 11.2. The Labute approximate surface area is 238 Å². The monoisotopic (exact) mass is 580 g/mol. The van der Waals surface area contributed by atoms with Crippen molar-refractivity contribution >= 4 is 46.3 Å². The number of anilines is 1. The Morgan fingerprint density at radius 1 is 1.05 bits per heavy atom. The number of allylic oxidation sites excluding steroid dienone is 1. The molecule has 0 aliphatic carbocycles. The van der Waals surface area contributed by atoms with E-state index >= 15 is 8.78 Å². The van der Waals surface area contributed by atoms with Gasteiger partial charge in [0.2, 0.25) is 11.8 Å². The van der Waals surface area contributed by atoms with Gasteiger partial charge in [-0.25, -0.2) is 13.8 Å². The van der Waals surface area contributed by atoms with Gasteiger partial charge in [-0.1, -0.05) is 48.5 Å².